The highest BCUT2D eigenvalue weighted by atomic mass is 19.4. The number of halogens is 6. The van der Waals surface area contributed by atoms with E-state index in [9.17, 15) is 26.3 Å². The van der Waals surface area contributed by atoms with Crippen molar-refractivity contribution >= 4 is 6.08 Å². The van der Waals surface area contributed by atoms with Gasteiger partial charge in [-0.15, -0.1) is 26.3 Å². The first-order valence-electron chi connectivity index (χ1n) is 4.89. The Hall–Kier alpha value is -1.86. The van der Waals surface area contributed by atoms with Crippen molar-refractivity contribution in [3.63, 3.8) is 0 Å². The van der Waals surface area contributed by atoms with E-state index in [-0.39, 0.29) is 0 Å². The molecular weight excluding hydrogens is 278 g/mol. The van der Waals surface area contributed by atoms with Gasteiger partial charge in [-0.3, -0.25) is 0 Å². The van der Waals surface area contributed by atoms with Gasteiger partial charge < -0.3 is 9.47 Å². The quantitative estimate of drug-likeness (QED) is 0.761. The summed E-state index contributed by atoms with van der Waals surface area (Å²) in [5.41, 5.74) is -0.445. The van der Waals surface area contributed by atoms with E-state index in [1.54, 1.807) is 0 Å². The zero-order valence-corrected chi connectivity index (χ0v) is 9.47. The van der Waals surface area contributed by atoms with Crippen molar-refractivity contribution in [3.8, 4) is 11.5 Å². The van der Waals surface area contributed by atoms with Gasteiger partial charge in [-0.05, 0) is 19.1 Å². The molecule has 0 unspecified atom stereocenters. The summed E-state index contributed by atoms with van der Waals surface area (Å²) < 4.78 is 80.0. The van der Waals surface area contributed by atoms with Crippen LogP contribution in [0, 0.1) is 0 Å². The molecular formula is C11H8F6O2. The number of allylic oxidation sites excluding steroid dienone is 1. The Morgan fingerprint density at radius 3 is 1.63 bits per heavy atom. The molecule has 2 nitrogen and oxygen atoms in total. The minimum Gasteiger partial charge on any atom is -0.405 e. The van der Waals surface area contributed by atoms with Crippen molar-refractivity contribution < 1.29 is 35.8 Å². The van der Waals surface area contributed by atoms with Crippen LogP contribution >= 0.6 is 0 Å². The van der Waals surface area contributed by atoms with Crippen molar-refractivity contribution in [2.75, 3.05) is 0 Å². The molecule has 1 aromatic rings. The van der Waals surface area contributed by atoms with Crippen molar-refractivity contribution in [1.82, 2.24) is 0 Å². The molecule has 0 N–H and O–H groups in total. The van der Waals surface area contributed by atoms with Gasteiger partial charge in [-0.1, -0.05) is 18.2 Å². The number of hydrogen-bond donors (Lipinski definition) is 0. The SMILES string of the molecule is CC=Cc1c(OC(F)(F)F)cccc1OC(F)(F)F. The molecule has 19 heavy (non-hydrogen) atoms. The minimum absolute atomic E-state index is 0.445. The molecule has 0 heterocycles. The van der Waals surface area contributed by atoms with E-state index < -0.39 is 29.8 Å². The summed E-state index contributed by atoms with van der Waals surface area (Å²) in [6.45, 7) is 1.43. The molecule has 0 aliphatic carbocycles. The first kappa shape index (κ1) is 15.2. The number of rotatable bonds is 3. The lowest BCUT2D eigenvalue weighted by Gasteiger charge is -2.16. The van der Waals surface area contributed by atoms with Gasteiger partial charge in [-0.2, -0.15) is 0 Å². The van der Waals surface area contributed by atoms with Crippen LogP contribution in [0.3, 0.4) is 0 Å². The Bertz CT molecular complexity index is 427. The van der Waals surface area contributed by atoms with Crippen LogP contribution in [0.1, 0.15) is 12.5 Å². The van der Waals surface area contributed by atoms with Gasteiger partial charge in [-0.25, -0.2) is 0 Å². The maximum absolute atomic E-state index is 12.1. The second kappa shape index (κ2) is 5.41. The molecule has 0 aromatic heterocycles. The van der Waals surface area contributed by atoms with Crippen molar-refractivity contribution in [2.45, 2.75) is 19.6 Å². The topological polar surface area (TPSA) is 18.5 Å². The zero-order valence-electron chi connectivity index (χ0n) is 9.47. The number of benzene rings is 1. The lowest BCUT2D eigenvalue weighted by molar-refractivity contribution is -0.276. The fourth-order valence-corrected chi connectivity index (χ4v) is 1.28. The van der Waals surface area contributed by atoms with Gasteiger partial charge in [0.2, 0.25) is 0 Å². The maximum Gasteiger partial charge on any atom is 0.573 e. The largest absolute Gasteiger partial charge is 0.573 e. The molecule has 106 valence electrons. The number of ether oxygens (including phenoxy) is 2. The van der Waals surface area contributed by atoms with Crippen molar-refractivity contribution in [3.05, 3.63) is 29.8 Å². The van der Waals surface area contributed by atoms with Crippen LogP contribution in [0.5, 0.6) is 11.5 Å². The van der Waals surface area contributed by atoms with E-state index in [4.69, 9.17) is 0 Å². The summed E-state index contributed by atoms with van der Waals surface area (Å²) >= 11 is 0. The maximum atomic E-state index is 12.1. The lowest BCUT2D eigenvalue weighted by atomic mass is 10.1. The van der Waals surface area contributed by atoms with Crippen LogP contribution in [0.2, 0.25) is 0 Å². The Morgan fingerprint density at radius 1 is 0.895 bits per heavy atom. The summed E-state index contributed by atoms with van der Waals surface area (Å²) in [7, 11) is 0. The molecule has 0 amide bonds. The predicted molar refractivity (Wildman–Crippen MR) is 54.5 cm³/mol. The molecule has 0 spiro atoms. The van der Waals surface area contributed by atoms with Gasteiger partial charge in [0.1, 0.15) is 11.5 Å². The molecule has 1 rings (SSSR count). The Labute approximate surface area is 104 Å². The molecule has 8 heteroatoms. The molecule has 0 aliphatic rings. The monoisotopic (exact) mass is 286 g/mol. The molecule has 1 aromatic carbocycles. The highest BCUT2D eigenvalue weighted by Crippen LogP contribution is 2.36. The normalized spacial score (nSPS) is 12.8. The van der Waals surface area contributed by atoms with Gasteiger partial charge in [0, 0.05) is 0 Å². The van der Waals surface area contributed by atoms with Gasteiger partial charge >= 0.3 is 12.7 Å². The third-order valence-electron chi connectivity index (χ3n) is 1.81. The highest BCUT2D eigenvalue weighted by molar-refractivity contribution is 5.64. The van der Waals surface area contributed by atoms with Crippen LogP contribution in [0.25, 0.3) is 6.08 Å². The summed E-state index contributed by atoms with van der Waals surface area (Å²) in [6, 6.07) is 2.76. The summed E-state index contributed by atoms with van der Waals surface area (Å²) in [5.74, 6) is -1.54. The summed E-state index contributed by atoms with van der Waals surface area (Å²) in [5, 5.41) is 0. The molecule has 0 atom stereocenters. The van der Waals surface area contributed by atoms with E-state index in [2.05, 4.69) is 9.47 Å². The third kappa shape index (κ3) is 5.11. The van der Waals surface area contributed by atoms with E-state index in [1.807, 2.05) is 0 Å². The van der Waals surface area contributed by atoms with Gasteiger partial charge in [0.05, 0.1) is 5.56 Å². The molecule has 0 saturated heterocycles. The Morgan fingerprint density at radius 2 is 1.32 bits per heavy atom. The Balaban J connectivity index is 3.22. The van der Waals surface area contributed by atoms with Crippen LogP contribution in [-0.2, 0) is 0 Å². The smallest absolute Gasteiger partial charge is 0.405 e. The third-order valence-corrected chi connectivity index (χ3v) is 1.81. The first-order valence-corrected chi connectivity index (χ1v) is 4.89. The fraction of sp³-hybridized carbons (Fsp3) is 0.273. The second-order valence-corrected chi connectivity index (χ2v) is 3.26. The molecule has 0 saturated carbocycles. The lowest BCUT2D eigenvalue weighted by Crippen LogP contribution is -2.20. The molecule has 0 aliphatic heterocycles. The standard InChI is InChI=1S/C11H8F6O2/c1-2-4-7-8(18-10(12,13)14)5-3-6-9(7)19-11(15,16)17/h2-6H,1H3. The molecule has 0 fully saturated rings. The Kier molecular flexibility index (Phi) is 4.33. The summed E-state index contributed by atoms with van der Waals surface area (Å²) in [6.07, 6.45) is -7.72. The van der Waals surface area contributed by atoms with E-state index in [0.717, 1.165) is 24.3 Å². The minimum atomic E-state index is -5.01. The fourth-order valence-electron chi connectivity index (χ4n) is 1.28. The van der Waals surface area contributed by atoms with Crippen LogP contribution in [0.4, 0.5) is 26.3 Å². The van der Waals surface area contributed by atoms with Crippen LogP contribution in [0.15, 0.2) is 24.3 Å². The van der Waals surface area contributed by atoms with Crippen LogP contribution < -0.4 is 9.47 Å². The average molecular weight is 286 g/mol. The van der Waals surface area contributed by atoms with Gasteiger partial charge in [0.25, 0.3) is 0 Å². The number of alkyl halides is 6. The van der Waals surface area contributed by atoms with E-state index in [0.29, 0.717) is 0 Å². The zero-order chi connectivity index (χ0) is 14.7. The second-order valence-electron chi connectivity index (χ2n) is 3.26. The van der Waals surface area contributed by atoms with Crippen molar-refractivity contribution in [2.24, 2.45) is 0 Å². The number of hydrogen-bond acceptors (Lipinski definition) is 2. The highest BCUT2D eigenvalue weighted by Gasteiger charge is 2.35. The predicted octanol–water partition coefficient (Wildman–Crippen LogP) is 4.52. The molecule has 0 bridgehead atoms. The van der Waals surface area contributed by atoms with E-state index in [1.165, 1.54) is 13.0 Å². The van der Waals surface area contributed by atoms with Crippen molar-refractivity contribution in [1.29, 1.82) is 0 Å². The first-order chi connectivity index (χ1) is 8.62. The van der Waals surface area contributed by atoms with Gasteiger partial charge in [0.15, 0.2) is 0 Å². The van der Waals surface area contributed by atoms with E-state index >= 15 is 0 Å². The average Bonchev–Trinajstić information content (AvgIpc) is 2.18. The summed E-state index contributed by atoms with van der Waals surface area (Å²) in [4.78, 5) is 0. The van der Waals surface area contributed by atoms with Crippen LogP contribution in [-0.4, -0.2) is 12.7 Å². The molecule has 0 radical (unpaired) electrons.